The first-order valence-electron chi connectivity index (χ1n) is 4.12. The summed E-state index contributed by atoms with van der Waals surface area (Å²) < 4.78 is 0. The van der Waals surface area contributed by atoms with Gasteiger partial charge in [0.25, 0.3) is 0 Å². The maximum absolute atomic E-state index is 10.8. The van der Waals surface area contributed by atoms with E-state index in [9.17, 15) is 9.70 Å². The fourth-order valence-electron chi connectivity index (χ4n) is 0.852. The van der Waals surface area contributed by atoms with E-state index in [0.717, 1.165) is 19.3 Å². The minimum atomic E-state index is 0.309. The van der Waals surface area contributed by atoms with Crippen LogP contribution in [-0.4, -0.2) is 12.3 Å². The summed E-state index contributed by atoms with van der Waals surface area (Å²) in [7, 11) is 0. The molecule has 0 radical (unpaired) electrons. The van der Waals surface area contributed by atoms with Gasteiger partial charge in [0, 0.05) is 12.8 Å². The van der Waals surface area contributed by atoms with Crippen molar-refractivity contribution < 1.29 is 4.79 Å². The maximum Gasteiger partial charge on any atom is 0.132 e. The standard InChI is InChI=1S/C8H15NO2/c1-2-8(10)6-4-3-5-7-9-11/h2-7H2,1H3. The number of nitrogens with zero attached hydrogens (tertiary/aromatic N) is 1. The number of ketones is 1. The molecule has 0 aliphatic carbocycles. The van der Waals surface area contributed by atoms with Gasteiger partial charge in [0.15, 0.2) is 0 Å². The molecule has 0 N–H and O–H groups in total. The molecule has 0 atom stereocenters. The van der Waals surface area contributed by atoms with E-state index < -0.39 is 0 Å². The molecule has 64 valence electrons. The van der Waals surface area contributed by atoms with Gasteiger partial charge >= 0.3 is 0 Å². The Morgan fingerprint density at radius 3 is 2.55 bits per heavy atom. The minimum Gasteiger partial charge on any atom is -0.300 e. The van der Waals surface area contributed by atoms with E-state index in [4.69, 9.17) is 0 Å². The lowest BCUT2D eigenvalue weighted by Crippen LogP contribution is -1.94. The monoisotopic (exact) mass is 157 g/mol. The third-order valence-corrected chi connectivity index (χ3v) is 1.60. The number of hydrogen-bond donors (Lipinski definition) is 0. The number of rotatable bonds is 7. The second kappa shape index (κ2) is 7.38. The number of hydrogen-bond acceptors (Lipinski definition) is 3. The summed E-state index contributed by atoms with van der Waals surface area (Å²) in [6.45, 7) is 2.26. The van der Waals surface area contributed by atoms with Crippen LogP contribution >= 0.6 is 0 Å². The fraction of sp³-hybridized carbons (Fsp3) is 0.875. The number of Topliss-reactive ketones (excluding diaryl/α,β-unsaturated/α-hetero) is 1. The van der Waals surface area contributed by atoms with Crippen LogP contribution in [-0.2, 0) is 4.79 Å². The van der Waals surface area contributed by atoms with Crippen LogP contribution in [0, 0.1) is 4.91 Å². The number of unbranched alkanes of at least 4 members (excludes halogenated alkanes) is 2. The second-order valence-electron chi connectivity index (χ2n) is 2.56. The lowest BCUT2D eigenvalue weighted by atomic mass is 10.1. The van der Waals surface area contributed by atoms with Gasteiger partial charge in [-0.1, -0.05) is 18.5 Å². The molecule has 3 heteroatoms. The van der Waals surface area contributed by atoms with Crippen LogP contribution in [0.4, 0.5) is 0 Å². The maximum atomic E-state index is 10.8. The molecule has 0 aliphatic rings. The Kier molecular flexibility index (Phi) is 6.89. The second-order valence-corrected chi connectivity index (χ2v) is 2.56. The molecule has 0 saturated carbocycles. The third-order valence-electron chi connectivity index (χ3n) is 1.60. The lowest BCUT2D eigenvalue weighted by molar-refractivity contribution is -0.118. The summed E-state index contributed by atoms with van der Waals surface area (Å²) in [6, 6.07) is 0. The number of carbonyl (C=O) groups excluding carboxylic acids is 1. The van der Waals surface area contributed by atoms with Gasteiger partial charge in [-0.25, -0.2) is 0 Å². The van der Waals surface area contributed by atoms with Crippen LogP contribution in [0.5, 0.6) is 0 Å². The quantitative estimate of drug-likeness (QED) is 0.420. The van der Waals surface area contributed by atoms with E-state index in [1.54, 1.807) is 0 Å². The number of carbonyl (C=O) groups is 1. The van der Waals surface area contributed by atoms with Gasteiger partial charge in [-0.3, -0.25) is 4.79 Å². The van der Waals surface area contributed by atoms with Crippen molar-refractivity contribution in [3.05, 3.63) is 4.91 Å². The van der Waals surface area contributed by atoms with Crippen molar-refractivity contribution >= 4 is 5.78 Å². The Morgan fingerprint density at radius 1 is 1.27 bits per heavy atom. The van der Waals surface area contributed by atoms with E-state index in [-0.39, 0.29) is 0 Å². The van der Waals surface area contributed by atoms with Gasteiger partial charge in [0.05, 0.1) is 6.54 Å². The topological polar surface area (TPSA) is 46.5 Å². The summed E-state index contributed by atoms with van der Waals surface area (Å²) in [6.07, 6.45) is 3.96. The summed E-state index contributed by atoms with van der Waals surface area (Å²) in [5.74, 6) is 0.309. The third kappa shape index (κ3) is 7.16. The highest BCUT2D eigenvalue weighted by Crippen LogP contribution is 2.01. The highest BCUT2D eigenvalue weighted by molar-refractivity contribution is 5.77. The van der Waals surface area contributed by atoms with Crippen LogP contribution in [0.25, 0.3) is 0 Å². The predicted octanol–water partition coefficient (Wildman–Crippen LogP) is 2.29. The summed E-state index contributed by atoms with van der Waals surface area (Å²) >= 11 is 0. The SMILES string of the molecule is CCC(=O)CCCCCN=O. The first kappa shape index (κ1) is 10.3. The number of nitroso groups, excluding NO2 is 1. The zero-order chi connectivity index (χ0) is 8.53. The molecule has 11 heavy (non-hydrogen) atoms. The summed E-state index contributed by atoms with van der Waals surface area (Å²) in [4.78, 5) is 20.4. The van der Waals surface area contributed by atoms with Crippen molar-refractivity contribution in [3.8, 4) is 0 Å². The molecular weight excluding hydrogens is 142 g/mol. The van der Waals surface area contributed by atoms with Crippen LogP contribution in [0.15, 0.2) is 5.18 Å². The van der Waals surface area contributed by atoms with Gasteiger partial charge in [0.2, 0.25) is 0 Å². The largest absolute Gasteiger partial charge is 0.300 e. The van der Waals surface area contributed by atoms with Crippen molar-refractivity contribution in [2.75, 3.05) is 6.54 Å². The predicted molar refractivity (Wildman–Crippen MR) is 44.4 cm³/mol. The average Bonchev–Trinajstić information content (AvgIpc) is 2.04. The minimum absolute atomic E-state index is 0.309. The van der Waals surface area contributed by atoms with Crippen molar-refractivity contribution in [2.24, 2.45) is 5.18 Å². The smallest absolute Gasteiger partial charge is 0.132 e. The molecule has 3 nitrogen and oxygen atoms in total. The fourth-order valence-corrected chi connectivity index (χ4v) is 0.852. The molecule has 0 fully saturated rings. The lowest BCUT2D eigenvalue weighted by Gasteiger charge is -1.95. The zero-order valence-electron chi connectivity index (χ0n) is 7.01. The molecule has 0 spiro atoms. The van der Waals surface area contributed by atoms with E-state index in [1.165, 1.54) is 0 Å². The molecular formula is C8H15NO2. The Labute approximate surface area is 67.2 Å². The first-order chi connectivity index (χ1) is 5.31. The van der Waals surface area contributed by atoms with Crippen molar-refractivity contribution in [2.45, 2.75) is 39.0 Å². The van der Waals surface area contributed by atoms with Crippen molar-refractivity contribution in [1.29, 1.82) is 0 Å². The Balaban J connectivity index is 3.01. The first-order valence-corrected chi connectivity index (χ1v) is 4.12. The highest BCUT2D eigenvalue weighted by atomic mass is 16.3. The molecule has 0 saturated heterocycles. The summed E-state index contributed by atoms with van der Waals surface area (Å²) in [5, 5.41) is 2.74. The Hall–Kier alpha value is -0.730. The molecule has 0 aliphatic heterocycles. The molecule has 0 aromatic carbocycles. The van der Waals surface area contributed by atoms with Crippen LogP contribution in [0.1, 0.15) is 39.0 Å². The van der Waals surface area contributed by atoms with Crippen molar-refractivity contribution in [3.63, 3.8) is 0 Å². The van der Waals surface area contributed by atoms with E-state index >= 15 is 0 Å². The molecule has 0 heterocycles. The van der Waals surface area contributed by atoms with Crippen molar-refractivity contribution in [1.82, 2.24) is 0 Å². The van der Waals surface area contributed by atoms with Gasteiger partial charge in [-0.05, 0) is 12.8 Å². The average molecular weight is 157 g/mol. The molecule has 0 aromatic rings. The zero-order valence-corrected chi connectivity index (χ0v) is 7.01. The highest BCUT2D eigenvalue weighted by Gasteiger charge is 1.96. The van der Waals surface area contributed by atoms with Gasteiger partial charge in [0.1, 0.15) is 5.78 Å². The van der Waals surface area contributed by atoms with E-state index in [2.05, 4.69) is 5.18 Å². The van der Waals surface area contributed by atoms with Crippen LogP contribution in [0.2, 0.25) is 0 Å². The molecule has 0 bridgehead atoms. The molecule has 0 rings (SSSR count). The van der Waals surface area contributed by atoms with Crippen LogP contribution in [0.3, 0.4) is 0 Å². The molecule has 0 unspecified atom stereocenters. The Morgan fingerprint density at radius 2 is 2.00 bits per heavy atom. The normalized spacial score (nSPS) is 9.55. The van der Waals surface area contributed by atoms with E-state index in [0.29, 0.717) is 25.2 Å². The van der Waals surface area contributed by atoms with E-state index in [1.807, 2.05) is 6.92 Å². The van der Waals surface area contributed by atoms with Crippen LogP contribution < -0.4 is 0 Å². The molecule has 0 amide bonds. The Bertz CT molecular complexity index is 123. The van der Waals surface area contributed by atoms with Gasteiger partial charge in [-0.15, -0.1) is 0 Å². The van der Waals surface area contributed by atoms with Gasteiger partial charge < -0.3 is 0 Å². The molecule has 0 aromatic heterocycles. The summed E-state index contributed by atoms with van der Waals surface area (Å²) in [5.41, 5.74) is 0. The van der Waals surface area contributed by atoms with Gasteiger partial charge in [-0.2, -0.15) is 4.91 Å².